The summed E-state index contributed by atoms with van der Waals surface area (Å²) in [5.41, 5.74) is 0.148. The van der Waals surface area contributed by atoms with Gasteiger partial charge >= 0.3 is 6.18 Å². The lowest BCUT2D eigenvalue weighted by atomic mass is 10.1. The van der Waals surface area contributed by atoms with E-state index in [9.17, 15) is 13.2 Å². The molecule has 0 aliphatic rings. The molecule has 0 aliphatic carbocycles. The zero-order valence-corrected chi connectivity index (χ0v) is 9.29. The number of hydrogen-bond donors (Lipinski definition) is 0. The maximum absolute atomic E-state index is 12.8. The summed E-state index contributed by atoms with van der Waals surface area (Å²) in [6, 6.07) is 7.70. The number of alkyl halides is 3. The van der Waals surface area contributed by atoms with Crippen molar-refractivity contribution in [2.24, 2.45) is 0 Å². The fraction of sp³-hybridized carbons (Fsp3) is 0.500. The van der Waals surface area contributed by atoms with Crippen LogP contribution in [0.5, 0.6) is 0 Å². The minimum atomic E-state index is -4.37. The van der Waals surface area contributed by atoms with E-state index in [-0.39, 0.29) is 5.56 Å². The number of halogens is 3. The van der Waals surface area contributed by atoms with Gasteiger partial charge in [0.25, 0.3) is 0 Å². The van der Waals surface area contributed by atoms with Gasteiger partial charge in [0.2, 0.25) is 0 Å². The fourth-order valence-corrected chi connectivity index (χ4v) is 1.30. The molecule has 0 fully saturated rings. The zero-order chi connectivity index (χ0) is 12.2. The van der Waals surface area contributed by atoms with Crippen LogP contribution in [0.4, 0.5) is 13.2 Å². The van der Waals surface area contributed by atoms with Crippen molar-refractivity contribution in [2.75, 3.05) is 0 Å². The summed E-state index contributed by atoms with van der Waals surface area (Å²) in [4.78, 5) is 0. The van der Waals surface area contributed by atoms with Gasteiger partial charge in [-0.2, -0.15) is 13.2 Å². The summed E-state index contributed by atoms with van der Waals surface area (Å²) in [6.07, 6.45) is -6.06. The number of benzene rings is 1. The van der Waals surface area contributed by atoms with E-state index in [2.05, 4.69) is 0 Å². The second kappa shape index (κ2) is 5.34. The third kappa shape index (κ3) is 3.52. The molecule has 0 saturated heterocycles. The van der Waals surface area contributed by atoms with Crippen molar-refractivity contribution in [3.63, 3.8) is 0 Å². The van der Waals surface area contributed by atoms with Crippen molar-refractivity contribution in [1.29, 1.82) is 0 Å². The largest absolute Gasteiger partial charge is 0.418 e. The number of ether oxygens (including phenoxy) is 1. The van der Waals surface area contributed by atoms with E-state index in [4.69, 9.17) is 4.74 Å². The average Bonchev–Trinajstić information content (AvgIpc) is 2.25. The monoisotopic (exact) mass is 232 g/mol. The average molecular weight is 232 g/mol. The molecule has 4 heteroatoms. The zero-order valence-electron chi connectivity index (χ0n) is 9.29. The minimum absolute atomic E-state index is 0.148. The molecule has 1 rings (SSSR count). The van der Waals surface area contributed by atoms with Crippen molar-refractivity contribution < 1.29 is 17.9 Å². The normalized spacial score (nSPS) is 15.8. The molecule has 0 amide bonds. The standard InChI is InChI=1S/C12H15F3O/c1-3-9(2)16-11(12(13,14)15)10-7-5-4-6-8-10/h4-9,11H,3H2,1-2H3. The highest BCUT2D eigenvalue weighted by atomic mass is 19.4. The van der Waals surface area contributed by atoms with Crippen LogP contribution in [0.25, 0.3) is 0 Å². The molecule has 16 heavy (non-hydrogen) atoms. The summed E-state index contributed by atoms with van der Waals surface area (Å²) in [5.74, 6) is 0. The molecule has 1 aromatic rings. The second-order valence-electron chi connectivity index (χ2n) is 3.69. The Bertz CT molecular complexity index is 308. The molecule has 0 aliphatic heterocycles. The molecular formula is C12H15F3O. The molecule has 0 heterocycles. The van der Waals surface area contributed by atoms with E-state index >= 15 is 0 Å². The highest BCUT2D eigenvalue weighted by molar-refractivity contribution is 5.18. The lowest BCUT2D eigenvalue weighted by Crippen LogP contribution is -2.26. The van der Waals surface area contributed by atoms with E-state index in [1.807, 2.05) is 0 Å². The Hall–Kier alpha value is -1.03. The lowest BCUT2D eigenvalue weighted by molar-refractivity contribution is -0.235. The van der Waals surface area contributed by atoms with Crippen LogP contribution in [0.15, 0.2) is 30.3 Å². The summed E-state index contributed by atoms with van der Waals surface area (Å²) < 4.78 is 43.4. The van der Waals surface area contributed by atoms with E-state index in [0.29, 0.717) is 6.42 Å². The van der Waals surface area contributed by atoms with Crippen molar-refractivity contribution in [1.82, 2.24) is 0 Å². The van der Waals surface area contributed by atoms with Gasteiger partial charge in [-0.15, -0.1) is 0 Å². The Morgan fingerprint density at radius 1 is 1.19 bits per heavy atom. The van der Waals surface area contributed by atoms with Crippen molar-refractivity contribution in [2.45, 2.75) is 38.7 Å². The Morgan fingerprint density at radius 3 is 2.19 bits per heavy atom. The predicted molar refractivity (Wildman–Crippen MR) is 56.1 cm³/mol. The summed E-state index contributed by atoms with van der Waals surface area (Å²) in [7, 11) is 0. The predicted octanol–water partition coefficient (Wildman–Crippen LogP) is 4.11. The van der Waals surface area contributed by atoms with Gasteiger partial charge in [-0.05, 0) is 18.9 Å². The fourth-order valence-electron chi connectivity index (χ4n) is 1.30. The highest BCUT2D eigenvalue weighted by Crippen LogP contribution is 2.36. The molecule has 0 bridgehead atoms. The molecule has 0 spiro atoms. The van der Waals surface area contributed by atoms with E-state index in [0.717, 1.165) is 0 Å². The molecule has 2 atom stereocenters. The van der Waals surface area contributed by atoms with E-state index in [1.54, 1.807) is 32.0 Å². The topological polar surface area (TPSA) is 9.23 Å². The molecule has 2 unspecified atom stereocenters. The van der Waals surface area contributed by atoms with E-state index < -0.39 is 18.4 Å². The van der Waals surface area contributed by atoms with Crippen LogP contribution in [0.1, 0.15) is 31.9 Å². The van der Waals surface area contributed by atoms with Crippen LogP contribution in [-0.4, -0.2) is 12.3 Å². The van der Waals surface area contributed by atoms with Crippen LogP contribution in [0, 0.1) is 0 Å². The molecular weight excluding hydrogens is 217 g/mol. The molecule has 0 saturated carbocycles. The SMILES string of the molecule is CCC(C)OC(c1ccccc1)C(F)(F)F. The maximum atomic E-state index is 12.8. The first-order chi connectivity index (χ1) is 7.45. The molecule has 1 aromatic carbocycles. The van der Waals surface area contributed by atoms with Crippen molar-refractivity contribution in [3.8, 4) is 0 Å². The Morgan fingerprint density at radius 2 is 1.75 bits per heavy atom. The Balaban J connectivity index is 2.89. The van der Waals surface area contributed by atoms with Crippen molar-refractivity contribution in [3.05, 3.63) is 35.9 Å². The van der Waals surface area contributed by atoms with Crippen LogP contribution >= 0.6 is 0 Å². The lowest BCUT2D eigenvalue weighted by Gasteiger charge is -2.24. The molecule has 1 nitrogen and oxygen atoms in total. The first-order valence-electron chi connectivity index (χ1n) is 5.22. The summed E-state index contributed by atoms with van der Waals surface area (Å²) in [5, 5.41) is 0. The van der Waals surface area contributed by atoms with Gasteiger partial charge in [0.15, 0.2) is 6.10 Å². The molecule has 0 radical (unpaired) electrons. The van der Waals surface area contributed by atoms with Gasteiger partial charge in [-0.3, -0.25) is 0 Å². The smallest absolute Gasteiger partial charge is 0.361 e. The van der Waals surface area contributed by atoms with E-state index in [1.165, 1.54) is 12.1 Å². The Labute approximate surface area is 93.2 Å². The van der Waals surface area contributed by atoms with Crippen LogP contribution in [0.3, 0.4) is 0 Å². The highest BCUT2D eigenvalue weighted by Gasteiger charge is 2.42. The van der Waals surface area contributed by atoms with Gasteiger partial charge < -0.3 is 4.74 Å². The van der Waals surface area contributed by atoms with Gasteiger partial charge in [0.1, 0.15) is 0 Å². The van der Waals surface area contributed by atoms with Gasteiger partial charge in [0, 0.05) is 0 Å². The molecule has 0 aromatic heterocycles. The Kier molecular flexibility index (Phi) is 4.35. The molecule has 90 valence electrons. The third-order valence-corrected chi connectivity index (χ3v) is 2.34. The van der Waals surface area contributed by atoms with Crippen molar-refractivity contribution >= 4 is 0 Å². The summed E-state index contributed by atoms with van der Waals surface area (Å²) in [6.45, 7) is 3.44. The van der Waals surface area contributed by atoms with Gasteiger partial charge in [-0.25, -0.2) is 0 Å². The number of hydrogen-bond acceptors (Lipinski definition) is 1. The third-order valence-electron chi connectivity index (χ3n) is 2.34. The second-order valence-corrected chi connectivity index (χ2v) is 3.69. The van der Waals surface area contributed by atoms with Gasteiger partial charge in [0.05, 0.1) is 6.10 Å². The van der Waals surface area contributed by atoms with Crippen LogP contribution in [-0.2, 0) is 4.74 Å². The van der Waals surface area contributed by atoms with Crippen LogP contribution in [0.2, 0.25) is 0 Å². The first kappa shape index (κ1) is 13.0. The first-order valence-corrected chi connectivity index (χ1v) is 5.22. The van der Waals surface area contributed by atoms with Gasteiger partial charge in [-0.1, -0.05) is 37.3 Å². The minimum Gasteiger partial charge on any atom is -0.361 e. The summed E-state index contributed by atoms with van der Waals surface area (Å²) >= 11 is 0. The quantitative estimate of drug-likeness (QED) is 0.759. The maximum Gasteiger partial charge on any atom is 0.418 e. The van der Waals surface area contributed by atoms with Crippen LogP contribution < -0.4 is 0 Å². The molecule has 0 N–H and O–H groups in total. The number of rotatable bonds is 4.